The molecule has 1 atom stereocenters. The molecule has 0 spiro atoms. The lowest BCUT2D eigenvalue weighted by molar-refractivity contribution is 0.350. The van der Waals surface area contributed by atoms with E-state index in [0.717, 1.165) is 0 Å². The molecule has 2 aliphatic heterocycles. The minimum Gasteiger partial charge on any atom is -0.371 e. The number of aryl methyl sites for hydroxylation is 2. The predicted molar refractivity (Wildman–Crippen MR) is 90.2 cm³/mol. The van der Waals surface area contributed by atoms with E-state index in [1.807, 2.05) is 0 Å². The molecule has 0 radical (unpaired) electrons. The first-order chi connectivity index (χ1) is 10.1. The van der Waals surface area contributed by atoms with Crippen molar-refractivity contribution < 1.29 is 0 Å². The summed E-state index contributed by atoms with van der Waals surface area (Å²) in [5.74, 6) is 0. The second-order valence-corrected chi connectivity index (χ2v) is 7.02. The lowest BCUT2D eigenvalue weighted by Gasteiger charge is -2.35. The molecule has 1 aromatic carbocycles. The number of nitrogens with one attached hydrogen (secondary N) is 1. The molecule has 21 heavy (non-hydrogen) atoms. The second kappa shape index (κ2) is 6.37. The number of hydrogen-bond acceptors (Lipinski definition) is 3. The molecule has 3 rings (SSSR count). The Balaban J connectivity index is 1.52. The van der Waals surface area contributed by atoms with Gasteiger partial charge in [-0.05, 0) is 70.0 Å². The van der Waals surface area contributed by atoms with E-state index in [2.05, 4.69) is 54.2 Å². The van der Waals surface area contributed by atoms with Crippen molar-refractivity contribution in [3.8, 4) is 0 Å². The van der Waals surface area contributed by atoms with Crippen LogP contribution in [0, 0.1) is 13.8 Å². The number of likely N-dealkylation sites (N-methyl/N-ethyl adjacent to an activating group) is 1. The molecule has 0 aliphatic carbocycles. The average molecular weight is 287 g/mol. The zero-order valence-corrected chi connectivity index (χ0v) is 13.7. The monoisotopic (exact) mass is 287 g/mol. The Morgan fingerprint density at radius 3 is 2.10 bits per heavy atom. The molecule has 3 nitrogen and oxygen atoms in total. The molecule has 0 unspecified atom stereocenters. The maximum absolute atomic E-state index is 3.87. The van der Waals surface area contributed by atoms with Gasteiger partial charge in [0.2, 0.25) is 0 Å². The molecule has 2 aliphatic rings. The Morgan fingerprint density at radius 1 is 0.905 bits per heavy atom. The lowest BCUT2D eigenvalue weighted by Crippen LogP contribution is -2.47. The number of likely N-dealkylation sites (tertiary alicyclic amines) is 1. The number of piperidine rings is 1. The molecule has 2 heterocycles. The molecule has 0 amide bonds. The zero-order valence-electron chi connectivity index (χ0n) is 13.7. The molecular formula is C18H29N3. The molecular weight excluding hydrogens is 258 g/mol. The molecule has 0 bridgehead atoms. The van der Waals surface area contributed by atoms with Gasteiger partial charge in [-0.1, -0.05) is 6.07 Å². The van der Waals surface area contributed by atoms with Gasteiger partial charge in [0, 0.05) is 37.4 Å². The van der Waals surface area contributed by atoms with Gasteiger partial charge in [-0.2, -0.15) is 0 Å². The third kappa shape index (κ3) is 3.78. The van der Waals surface area contributed by atoms with Crippen LogP contribution in [0.3, 0.4) is 0 Å². The van der Waals surface area contributed by atoms with E-state index in [1.165, 1.54) is 62.3 Å². The van der Waals surface area contributed by atoms with Crippen molar-refractivity contribution in [2.24, 2.45) is 0 Å². The van der Waals surface area contributed by atoms with Gasteiger partial charge in [0.25, 0.3) is 0 Å². The van der Waals surface area contributed by atoms with Crippen molar-refractivity contribution in [3.63, 3.8) is 0 Å². The molecule has 116 valence electrons. The maximum atomic E-state index is 3.87. The molecule has 0 aromatic heterocycles. The van der Waals surface area contributed by atoms with Gasteiger partial charge in [0.05, 0.1) is 0 Å². The fourth-order valence-electron chi connectivity index (χ4n) is 3.84. The third-order valence-electron chi connectivity index (χ3n) is 4.93. The van der Waals surface area contributed by atoms with Crippen LogP contribution >= 0.6 is 0 Å². The summed E-state index contributed by atoms with van der Waals surface area (Å²) in [5.41, 5.74) is 4.16. The highest BCUT2D eigenvalue weighted by atomic mass is 15.2. The van der Waals surface area contributed by atoms with E-state index in [0.29, 0.717) is 12.1 Å². The fourth-order valence-corrected chi connectivity index (χ4v) is 3.84. The van der Waals surface area contributed by atoms with Gasteiger partial charge < -0.3 is 15.1 Å². The summed E-state index contributed by atoms with van der Waals surface area (Å²) in [7, 11) is 2.23. The summed E-state index contributed by atoms with van der Waals surface area (Å²) in [5, 5.41) is 3.87. The molecule has 2 fully saturated rings. The van der Waals surface area contributed by atoms with Crippen molar-refractivity contribution in [3.05, 3.63) is 29.3 Å². The quantitative estimate of drug-likeness (QED) is 0.922. The first kappa shape index (κ1) is 14.9. The summed E-state index contributed by atoms with van der Waals surface area (Å²) in [6.45, 7) is 9.23. The number of rotatable bonds is 3. The summed E-state index contributed by atoms with van der Waals surface area (Å²) in [6.07, 6.45) is 3.86. The standard InChI is InChI=1S/C18H29N3/c1-14-10-15(2)12-18(11-14)21-8-5-16(6-9-21)19-17-4-7-20(3)13-17/h10-12,16-17,19H,4-9,13H2,1-3H3/t17-/m0/s1. The zero-order chi connectivity index (χ0) is 14.8. The van der Waals surface area contributed by atoms with Crippen molar-refractivity contribution >= 4 is 5.69 Å². The van der Waals surface area contributed by atoms with Gasteiger partial charge in [-0.25, -0.2) is 0 Å². The van der Waals surface area contributed by atoms with Gasteiger partial charge in [-0.3, -0.25) is 0 Å². The maximum Gasteiger partial charge on any atom is 0.0371 e. The van der Waals surface area contributed by atoms with Crippen LogP contribution in [0.2, 0.25) is 0 Å². The van der Waals surface area contributed by atoms with Crippen LogP contribution in [0.25, 0.3) is 0 Å². The first-order valence-corrected chi connectivity index (χ1v) is 8.38. The van der Waals surface area contributed by atoms with Crippen molar-refractivity contribution in [2.75, 3.05) is 38.1 Å². The van der Waals surface area contributed by atoms with Crippen molar-refractivity contribution in [1.29, 1.82) is 0 Å². The summed E-state index contributed by atoms with van der Waals surface area (Å²) in [4.78, 5) is 4.99. The van der Waals surface area contributed by atoms with E-state index in [-0.39, 0.29) is 0 Å². The molecule has 1 N–H and O–H groups in total. The van der Waals surface area contributed by atoms with E-state index in [9.17, 15) is 0 Å². The average Bonchev–Trinajstić information content (AvgIpc) is 2.84. The lowest BCUT2D eigenvalue weighted by atomic mass is 10.0. The Hall–Kier alpha value is -1.06. The normalized spacial score (nSPS) is 24.7. The SMILES string of the molecule is Cc1cc(C)cc(N2CCC(N[C@H]3CCN(C)C3)CC2)c1. The Kier molecular flexibility index (Phi) is 4.51. The molecule has 0 saturated carbocycles. The summed E-state index contributed by atoms with van der Waals surface area (Å²) < 4.78 is 0. The Bertz CT molecular complexity index is 457. The number of benzene rings is 1. The van der Waals surface area contributed by atoms with Crippen molar-refractivity contribution in [2.45, 2.75) is 45.2 Å². The Labute approximate surface area is 129 Å². The van der Waals surface area contributed by atoms with Crippen molar-refractivity contribution in [1.82, 2.24) is 10.2 Å². The van der Waals surface area contributed by atoms with Gasteiger partial charge in [0.15, 0.2) is 0 Å². The number of nitrogens with zero attached hydrogens (tertiary/aromatic N) is 2. The van der Waals surface area contributed by atoms with Gasteiger partial charge >= 0.3 is 0 Å². The van der Waals surface area contributed by atoms with Gasteiger partial charge in [0.1, 0.15) is 0 Å². The molecule has 3 heteroatoms. The number of anilines is 1. The minimum absolute atomic E-state index is 0.712. The first-order valence-electron chi connectivity index (χ1n) is 8.38. The van der Waals surface area contributed by atoms with E-state index >= 15 is 0 Å². The third-order valence-corrected chi connectivity index (χ3v) is 4.93. The van der Waals surface area contributed by atoms with Crippen LogP contribution in [0.15, 0.2) is 18.2 Å². The van der Waals surface area contributed by atoms with Gasteiger partial charge in [-0.15, -0.1) is 0 Å². The highest BCUT2D eigenvalue weighted by Crippen LogP contribution is 2.23. The van der Waals surface area contributed by atoms with E-state index in [1.54, 1.807) is 0 Å². The van der Waals surface area contributed by atoms with Crippen LogP contribution < -0.4 is 10.2 Å². The molecule has 2 saturated heterocycles. The minimum atomic E-state index is 0.712. The second-order valence-electron chi connectivity index (χ2n) is 7.02. The van der Waals surface area contributed by atoms with Crippen LogP contribution in [-0.4, -0.2) is 50.2 Å². The largest absolute Gasteiger partial charge is 0.371 e. The highest BCUT2D eigenvalue weighted by Gasteiger charge is 2.25. The van der Waals surface area contributed by atoms with Crippen LogP contribution in [0.5, 0.6) is 0 Å². The topological polar surface area (TPSA) is 18.5 Å². The van der Waals surface area contributed by atoms with Crippen LogP contribution in [0.4, 0.5) is 5.69 Å². The van der Waals surface area contributed by atoms with Crippen LogP contribution in [0.1, 0.15) is 30.4 Å². The van der Waals surface area contributed by atoms with Crippen LogP contribution in [-0.2, 0) is 0 Å². The Morgan fingerprint density at radius 2 is 1.52 bits per heavy atom. The highest BCUT2D eigenvalue weighted by molar-refractivity contribution is 5.51. The number of hydrogen-bond donors (Lipinski definition) is 1. The van der Waals surface area contributed by atoms with E-state index in [4.69, 9.17) is 0 Å². The van der Waals surface area contributed by atoms with E-state index < -0.39 is 0 Å². The summed E-state index contributed by atoms with van der Waals surface area (Å²) in [6, 6.07) is 8.34. The molecule has 1 aromatic rings. The smallest absolute Gasteiger partial charge is 0.0371 e. The predicted octanol–water partition coefficient (Wildman–Crippen LogP) is 2.57. The summed E-state index contributed by atoms with van der Waals surface area (Å²) >= 11 is 0. The fraction of sp³-hybridized carbons (Fsp3) is 0.667.